The van der Waals surface area contributed by atoms with Gasteiger partial charge in [0.2, 0.25) is 5.91 Å². The number of carbonyl (C=O) groups excluding carboxylic acids is 1. The van der Waals surface area contributed by atoms with Crippen LogP contribution in [0.25, 0.3) is 0 Å². The first kappa shape index (κ1) is 17.6. The van der Waals surface area contributed by atoms with Gasteiger partial charge in [0.15, 0.2) is 0 Å². The average molecular weight is 342 g/mol. The highest BCUT2D eigenvalue weighted by atomic mass is 16.3. The third-order valence-corrected chi connectivity index (χ3v) is 4.96. The Balaban J connectivity index is 1.70. The monoisotopic (exact) mass is 342 g/mol. The molecule has 1 aliphatic heterocycles. The minimum absolute atomic E-state index is 0.0425. The molecule has 6 heteroatoms. The van der Waals surface area contributed by atoms with Crippen molar-refractivity contribution in [1.82, 2.24) is 19.9 Å². The third-order valence-electron chi connectivity index (χ3n) is 4.96. The number of nitrogens with zero attached hydrogens (tertiary/aromatic N) is 4. The molecule has 0 saturated carbocycles. The van der Waals surface area contributed by atoms with Crippen LogP contribution in [-0.2, 0) is 16.8 Å². The van der Waals surface area contributed by atoms with Crippen molar-refractivity contribution in [3.8, 4) is 0 Å². The molecule has 1 saturated heterocycles. The second kappa shape index (κ2) is 6.59. The zero-order valence-corrected chi connectivity index (χ0v) is 15.4. The molecular formula is C19H26N4O2. The van der Waals surface area contributed by atoms with Crippen molar-refractivity contribution in [2.45, 2.75) is 52.2 Å². The number of likely N-dealkylation sites (tertiary alicyclic amines) is 1. The van der Waals surface area contributed by atoms with Gasteiger partial charge in [-0.3, -0.25) is 4.79 Å². The van der Waals surface area contributed by atoms with E-state index in [9.17, 15) is 9.90 Å². The lowest BCUT2D eigenvalue weighted by Gasteiger charge is -2.21. The molecule has 6 nitrogen and oxygen atoms in total. The van der Waals surface area contributed by atoms with Gasteiger partial charge in [0.05, 0.1) is 19.2 Å². The quantitative estimate of drug-likeness (QED) is 0.924. The van der Waals surface area contributed by atoms with Crippen LogP contribution in [0.4, 0.5) is 0 Å². The number of rotatable bonds is 4. The highest BCUT2D eigenvalue weighted by molar-refractivity contribution is 5.79. The fourth-order valence-electron chi connectivity index (χ4n) is 3.22. The molecule has 0 aliphatic carbocycles. The molecule has 25 heavy (non-hydrogen) atoms. The molecule has 1 aromatic carbocycles. The number of aryl methyl sites for hydroxylation is 2. The van der Waals surface area contributed by atoms with Crippen molar-refractivity contribution in [3.63, 3.8) is 0 Å². The van der Waals surface area contributed by atoms with Gasteiger partial charge in [0.1, 0.15) is 11.3 Å². The molecule has 1 fully saturated rings. The number of amides is 1. The number of hydrogen-bond acceptors (Lipinski definition) is 4. The zero-order valence-electron chi connectivity index (χ0n) is 15.4. The summed E-state index contributed by atoms with van der Waals surface area (Å²) in [5.74, 6) is 0.0425. The highest BCUT2D eigenvalue weighted by Gasteiger charge is 2.41. The summed E-state index contributed by atoms with van der Waals surface area (Å²) in [6.45, 7) is 8.88. The molecule has 2 aromatic rings. The van der Waals surface area contributed by atoms with Gasteiger partial charge in [0, 0.05) is 19.0 Å². The predicted octanol–water partition coefficient (Wildman–Crippen LogP) is 2.14. The highest BCUT2D eigenvalue weighted by Crippen LogP contribution is 2.31. The van der Waals surface area contributed by atoms with Gasteiger partial charge in [-0.2, -0.15) is 0 Å². The number of aliphatic hydroxyl groups is 1. The maximum Gasteiger partial charge on any atom is 0.227 e. The summed E-state index contributed by atoms with van der Waals surface area (Å²) in [6.07, 6.45) is 2.63. The molecule has 0 bridgehead atoms. The minimum Gasteiger partial charge on any atom is -0.381 e. The second-order valence-corrected chi connectivity index (χ2v) is 7.38. The van der Waals surface area contributed by atoms with Gasteiger partial charge in [0.25, 0.3) is 0 Å². The molecule has 2 heterocycles. The number of hydrogen-bond donors (Lipinski definition) is 1. The predicted molar refractivity (Wildman–Crippen MR) is 95.1 cm³/mol. The Kier molecular flexibility index (Phi) is 4.64. The molecule has 0 unspecified atom stereocenters. The van der Waals surface area contributed by atoms with Crippen LogP contribution in [0.1, 0.15) is 48.7 Å². The summed E-state index contributed by atoms with van der Waals surface area (Å²) < 4.78 is 1.73. The van der Waals surface area contributed by atoms with Gasteiger partial charge in [-0.05, 0) is 38.8 Å². The van der Waals surface area contributed by atoms with E-state index < -0.39 is 5.60 Å². The van der Waals surface area contributed by atoms with Gasteiger partial charge >= 0.3 is 0 Å². The van der Waals surface area contributed by atoms with Crippen LogP contribution < -0.4 is 0 Å². The topological polar surface area (TPSA) is 71.2 Å². The number of β-amino-alcohol motifs (C(OH)–C–C–N with tert-alkyl or cyclic N) is 1. The molecule has 0 spiro atoms. The van der Waals surface area contributed by atoms with E-state index >= 15 is 0 Å². The fraction of sp³-hybridized carbons (Fsp3) is 0.526. The number of aromatic nitrogens is 3. The van der Waals surface area contributed by atoms with E-state index in [0.717, 1.165) is 16.7 Å². The van der Waals surface area contributed by atoms with E-state index in [1.165, 1.54) is 0 Å². The Morgan fingerprint density at radius 2 is 2.12 bits per heavy atom. The minimum atomic E-state index is -1.11. The largest absolute Gasteiger partial charge is 0.381 e. The SMILES string of the molecule is Cc1ccc(C)c(CC(=O)N2CC[C@@](O)(c3cn(C(C)C)nn3)C2)c1. The summed E-state index contributed by atoms with van der Waals surface area (Å²) in [7, 11) is 0. The van der Waals surface area contributed by atoms with E-state index in [1.807, 2.05) is 33.8 Å². The van der Waals surface area contributed by atoms with Gasteiger partial charge in [-0.25, -0.2) is 4.68 Å². The average Bonchev–Trinajstić information content (AvgIpc) is 3.19. The van der Waals surface area contributed by atoms with E-state index in [0.29, 0.717) is 25.1 Å². The Bertz CT molecular complexity index is 783. The van der Waals surface area contributed by atoms with Crippen LogP contribution in [-0.4, -0.2) is 44.0 Å². The Hall–Kier alpha value is -2.21. The molecule has 134 valence electrons. The standard InChI is InChI=1S/C19H26N4O2/c1-13(2)23-11-17(20-21-23)19(25)7-8-22(12-19)18(24)10-16-9-14(3)5-6-15(16)4/h5-6,9,11,13,25H,7-8,10,12H2,1-4H3/t19-/m0/s1. The zero-order chi connectivity index (χ0) is 18.2. The first-order valence-electron chi connectivity index (χ1n) is 8.77. The summed E-state index contributed by atoms with van der Waals surface area (Å²) >= 11 is 0. The van der Waals surface area contributed by atoms with Gasteiger partial charge < -0.3 is 10.0 Å². The molecular weight excluding hydrogens is 316 g/mol. The van der Waals surface area contributed by atoms with Crippen LogP contribution in [0.3, 0.4) is 0 Å². The van der Waals surface area contributed by atoms with Crippen molar-refractivity contribution in [3.05, 3.63) is 46.8 Å². The Morgan fingerprint density at radius 3 is 2.80 bits per heavy atom. The van der Waals surface area contributed by atoms with E-state index in [4.69, 9.17) is 0 Å². The van der Waals surface area contributed by atoms with Gasteiger partial charge in [-0.1, -0.05) is 29.0 Å². The summed E-state index contributed by atoms with van der Waals surface area (Å²) in [6, 6.07) is 6.34. The molecule has 1 aromatic heterocycles. The maximum atomic E-state index is 12.7. The van der Waals surface area contributed by atoms with Crippen molar-refractivity contribution in [2.75, 3.05) is 13.1 Å². The van der Waals surface area contributed by atoms with Crippen LogP contribution in [0.2, 0.25) is 0 Å². The number of carbonyl (C=O) groups is 1. The third kappa shape index (κ3) is 3.58. The van der Waals surface area contributed by atoms with Crippen molar-refractivity contribution >= 4 is 5.91 Å². The lowest BCUT2D eigenvalue weighted by atomic mass is 10.00. The van der Waals surface area contributed by atoms with E-state index in [1.54, 1.807) is 15.8 Å². The summed E-state index contributed by atoms with van der Waals surface area (Å²) in [5.41, 5.74) is 2.75. The van der Waals surface area contributed by atoms with Crippen LogP contribution >= 0.6 is 0 Å². The normalized spacial score (nSPS) is 20.5. The van der Waals surface area contributed by atoms with Gasteiger partial charge in [-0.15, -0.1) is 5.10 Å². The van der Waals surface area contributed by atoms with Crippen LogP contribution in [0.5, 0.6) is 0 Å². The lowest BCUT2D eigenvalue weighted by Crippen LogP contribution is -2.35. The van der Waals surface area contributed by atoms with Crippen molar-refractivity contribution < 1.29 is 9.90 Å². The Morgan fingerprint density at radius 1 is 1.36 bits per heavy atom. The maximum absolute atomic E-state index is 12.7. The smallest absolute Gasteiger partial charge is 0.227 e. The van der Waals surface area contributed by atoms with Crippen molar-refractivity contribution in [1.29, 1.82) is 0 Å². The fourth-order valence-corrected chi connectivity index (χ4v) is 3.22. The number of benzene rings is 1. The molecule has 0 radical (unpaired) electrons. The first-order valence-corrected chi connectivity index (χ1v) is 8.77. The summed E-state index contributed by atoms with van der Waals surface area (Å²) in [5, 5.41) is 19.1. The molecule has 3 rings (SSSR count). The summed E-state index contributed by atoms with van der Waals surface area (Å²) in [4.78, 5) is 14.4. The Labute approximate surface area is 148 Å². The molecule has 1 N–H and O–H groups in total. The van der Waals surface area contributed by atoms with E-state index in [2.05, 4.69) is 22.4 Å². The van der Waals surface area contributed by atoms with Crippen LogP contribution in [0, 0.1) is 13.8 Å². The van der Waals surface area contributed by atoms with Crippen molar-refractivity contribution in [2.24, 2.45) is 0 Å². The van der Waals surface area contributed by atoms with Crippen LogP contribution in [0.15, 0.2) is 24.4 Å². The molecule has 1 amide bonds. The molecule has 1 atom stereocenters. The molecule has 1 aliphatic rings. The lowest BCUT2D eigenvalue weighted by molar-refractivity contribution is -0.130. The second-order valence-electron chi connectivity index (χ2n) is 7.38. The van der Waals surface area contributed by atoms with E-state index in [-0.39, 0.29) is 18.5 Å². The first-order chi connectivity index (χ1) is 11.8.